The minimum Gasteiger partial charge on any atom is -0.393 e. The minimum absolute atomic E-state index is 0.0669. The molecule has 2 unspecified atom stereocenters. The second kappa shape index (κ2) is 4.87. The molecule has 4 nitrogen and oxygen atoms in total. The summed E-state index contributed by atoms with van der Waals surface area (Å²) >= 11 is 7.31. The van der Waals surface area contributed by atoms with E-state index in [2.05, 4.69) is 9.88 Å². The minimum atomic E-state index is -0.219. The summed E-state index contributed by atoms with van der Waals surface area (Å²) in [5.41, 5.74) is 0. The van der Waals surface area contributed by atoms with Crippen molar-refractivity contribution in [3.05, 3.63) is 10.0 Å². The van der Waals surface area contributed by atoms with Crippen molar-refractivity contribution in [2.75, 3.05) is 18.0 Å². The SMILES string of the molecule is CC1CN(c2nc(Cl)c(CO)s2)CCC1O. The highest BCUT2D eigenvalue weighted by Gasteiger charge is 2.26. The Kier molecular flexibility index (Phi) is 3.69. The quantitative estimate of drug-likeness (QED) is 0.848. The average Bonchev–Trinajstić information content (AvgIpc) is 2.64. The Hall–Kier alpha value is -0.360. The Morgan fingerprint density at radius 1 is 1.62 bits per heavy atom. The molecule has 0 aliphatic carbocycles. The normalized spacial score (nSPS) is 26.1. The van der Waals surface area contributed by atoms with E-state index in [0.29, 0.717) is 10.0 Å². The Labute approximate surface area is 103 Å². The first-order valence-corrected chi connectivity index (χ1v) is 6.50. The van der Waals surface area contributed by atoms with Crippen LogP contribution >= 0.6 is 22.9 Å². The number of aliphatic hydroxyl groups excluding tert-OH is 2. The maximum atomic E-state index is 9.64. The van der Waals surface area contributed by atoms with Crippen LogP contribution in [0.25, 0.3) is 0 Å². The summed E-state index contributed by atoms with van der Waals surface area (Å²) in [7, 11) is 0. The van der Waals surface area contributed by atoms with Gasteiger partial charge in [0.2, 0.25) is 0 Å². The number of hydrogen-bond donors (Lipinski definition) is 2. The highest BCUT2D eigenvalue weighted by atomic mass is 35.5. The van der Waals surface area contributed by atoms with Crippen LogP contribution in [0.15, 0.2) is 0 Å². The standard InChI is InChI=1S/C10H15ClN2O2S/c1-6-4-13(3-2-7(6)15)10-12-9(11)8(5-14)16-10/h6-7,14-15H,2-5H2,1H3. The zero-order valence-corrected chi connectivity index (χ0v) is 10.6. The van der Waals surface area contributed by atoms with E-state index in [9.17, 15) is 5.11 Å². The third kappa shape index (κ3) is 2.32. The van der Waals surface area contributed by atoms with Gasteiger partial charge in [-0.3, -0.25) is 0 Å². The second-order valence-corrected chi connectivity index (χ2v) is 5.57. The average molecular weight is 263 g/mol. The molecule has 2 N–H and O–H groups in total. The predicted molar refractivity (Wildman–Crippen MR) is 65.0 cm³/mol. The molecule has 1 aromatic heterocycles. The van der Waals surface area contributed by atoms with Gasteiger partial charge in [0.15, 0.2) is 5.13 Å². The Morgan fingerprint density at radius 3 is 2.94 bits per heavy atom. The molecule has 6 heteroatoms. The smallest absolute Gasteiger partial charge is 0.187 e. The van der Waals surface area contributed by atoms with Crippen LogP contribution in [-0.2, 0) is 6.61 Å². The van der Waals surface area contributed by atoms with E-state index in [0.717, 1.165) is 24.6 Å². The number of rotatable bonds is 2. The fourth-order valence-electron chi connectivity index (χ4n) is 1.86. The summed E-state index contributed by atoms with van der Waals surface area (Å²) in [6, 6.07) is 0. The molecule has 90 valence electrons. The van der Waals surface area contributed by atoms with Gasteiger partial charge in [-0.1, -0.05) is 29.9 Å². The van der Waals surface area contributed by atoms with E-state index >= 15 is 0 Å². The van der Waals surface area contributed by atoms with Crippen molar-refractivity contribution in [1.82, 2.24) is 4.98 Å². The lowest BCUT2D eigenvalue weighted by molar-refractivity contribution is 0.0971. The van der Waals surface area contributed by atoms with Crippen LogP contribution in [0.3, 0.4) is 0 Å². The summed E-state index contributed by atoms with van der Waals surface area (Å²) in [6.07, 6.45) is 0.538. The molecule has 1 aliphatic rings. The first kappa shape index (κ1) is 12.1. The number of anilines is 1. The fraction of sp³-hybridized carbons (Fsp3) is 0.700. The van der Waals surface area contributed by atoms with Gasteiger partial charge in [0.05, 0.1) is 17.6 Å². The summed E-state index contributed by atoms with van der Waals surface area (Å²) < 4.78 is 0. The van der Waals surface area contributed by atoms with Gasteiger partial charge >= 0.3 is 0 Å². The third-order valence-corrected chi connectivity index (χ3v) is 4.44. The summed E-state index contributed by atoms with van der Waals surface area (Å²) in [5.74, 6) is 0.244. The van der Waals surface area contributed by atoms with E-state index in [1.807, 2.05) is 6.92 Å². The molecule has 2 rings (SSSR count). The molecule has 0 aromatic carbocycles. The predicted octanol–water partition coefficient (Wildman–Crippen LogP) is 1.50. The fourth-order valence-corrected chi connectivity index (χ4v) is 3.01. The molecule has 0 bridgehead atoms. The van der Waals surface area contributed by atoms with E-state index in [4.69, 9.17) is 16.7 Å². The van der Waals surface area contributed by atoms with Crippen LogP contribution in [0.2, 0.25) is 5.15 Å². The number of nitrogens with zero attached hydrogens (tertiary/aromatic N) is 2. The molecule has 0 spiro atoms. The van der Waals surface area contributed by atoms with Crippen molar-refractivity contribution in [1.29, 1.82) is 0 Å². The molecule has 2 atom stereocenters. The van der Waals surface area contributed by atoms with E-state index in [-0.39, 0.29) is 18.6 Å². The highest BCUT2D eigenvalue weighted by Crippen LogP contribution is 2.32. The topological polar surface area (TPSA) is 56.6 Å². The van der Waals surface area contributed by atoms with Gasteiger partial charge in [-0.2, -0.15) is 0 Å². The van der Waals surface area contributed by atoms with Crippen LogP contribution < -0.4 is 4.90 Å². The van der Waals surface area contributed by atoms with Crippen LogP contribution in [0.5, 0.6) is 0 Å². The second-order valence-electron chi connectivity index (χ2n) is 4.15. The number of halogens is 1. The van der Waals surface area contributed by atoms with Crippen molar-refractivity contribution < 1.29 is 10.2 Å². The lowest BCUT2D eigenvalue weighted by Crippen LogP contribution is -2.41. The molecule has 1 aromatic rings. The number of piperidine rings is 1. The molecular weight excluding hydrogens is 248 g/mol. The highest BCUT2D eigenvalue weighted by molar-refractivity contribution is 7.16. The van der Waals surface area contributed by atoms with Gasteiger partial charge in [-0.15, -0.1) is 0 Å². The van der Waals surface area contributed by atoms with Crippen molar-refractivity contribution in [2.24, 2.45) is 5.92 Å². The molecule has 1 aliphatic heterocycles. The van der Waals surface area contributed by atoms with E-state index in [1.165, 1.54) is 11.3 Å². The van der Waals surface area contributed by atoms with E-state index in [1.54, 1.807) is 0 Å². The van der Waals surface area contributed by atoms with Gasteiger partial charge in [-0.05, 0) is 12.3 Å². The lowest BCUT2D eigenvalue weighted by Gasteiger charge is -2.34. The first-order chi connectivity index (χ1) is 7.61. The number of aromatic nitrogens is 1. The number of hydrogen-bond acceptors (Lipinski definition) is 5. The van der Waals surface area contributed by atoms with Crippen LogP contribution in [0.4, 0.5) is 5.13 Å². The molecule has 2 heterocycles. The molecule has 0 amide bonds. The van der Waals surface area contributed by atoms with Gasteiger partial charge in [-0.25, -0.2) is 4.98 Å². The molecule has 1 saturated heterocycles. The largest absolute Gasteiger partial charge is 0.393 e. The summed E-state index contributed by atoms with van der Waals surface area (Å²) in [6.45, 7) is 3.54. The first-order valence-electron chi connectivity index (χ1n) is 5.31. The number of thiazole rings is 1. The van der Waals surface area contributed by atoms with Gasteiger partial charge in [0.25, 0.3) is 0 Å². The molecule has 0 radical (unpaired) electrons. The van der Waals surface area contributed by atoms with Crippen molar-refractivity contribution in [2.45, 2.75) is 26.1 Å². The summed E-state index contributed by atoms with van der Waals surface area (Å²) in [5, 5.41) is 19.9. The van der Waals surface area contributed by atoms with Crippen molar-refractivity contribution in [3.63, 3.8) is 0 Å². The van der Waals surface area contributed by atoms with Crippen LogP contribution in [-0.4, -0.2) is 34.4 Å². The molecule has 16 heavy (non-hydrogen) atoms. The molecule has 1 fully saturated rings. The maximum Gasteiger partial charge on any atom is 0.187 e. The molecular formula is C10H15ClN2O2S. The van der Waals surface area contributed by atoms with Gasteiger partial charge in [0, 0.05) is 13.1 Å². The Bertz CT molecular complexity index is 372. The zero-order valence-electron chi connectivity index (χ0n) is 9.06. The molecule has 0 saturated carbocycles. The van der Waals surface area contributed by atoms with E-state index < -0.39 is 0 Å². The number of aliphatic hydroxyl groups is 2. The van der Waals surface area contributed by atoms with Crippen molar-refractivity contribution in [3.8, 4) is 0 Å². The van der Waals surface area contributed by atoms with Crippen LogP contribution in [0, 0.1) is 5.92 Å². The lowest BCUT2D eigenvalue weighted by atomic mass is 9.97. The summed E-state index contributed by atoms with van der Waals surface area (Å²) in [4.78, 5) is 7.06. The van der Waals surface area contributed by atoms with Gasteiger partial charge < -0.3 is 15.1 Å². The van der Waals surface area contributed by atoms with Crippen LogP contribution in [0.1, 0.15) is 18.2 Å². The monoisotopic (exact) mass is 262 g/mol. The zero-order chi connectivity index (χ0) is 11.7. The van der Waals surface area contributed by atoms with Gasteiger partial charge in [0.1, 0.15) is 5.15 Å². The van der Waals surface area contributed by atoms with Crippen molar-refractivity contribution >= 4 is 28.1 Å². The Balaban J connectivity index is 2.12. The maximum absolute atomic E-state index is 9.64. The third-order valence-electron chi connectivity index (χ3n) is 2.91. The Morgan fingerprint density at radius 2 is 2.38 bits per heavy atom.